The van der Waals surface area contributed by atoms with Crippen LogP contribution in [0.5, 0.6) is 0 Å². The lowest BCUT2D eigenvalue weighted by Gasteiger charge is -2.27. The summed E-state index contributed by atoms with van der Waals surface area (Å²) in [4.78, 5) is 4.62. The number of benzene rings is 9. The van der Waals surface area contributed by atoms with Gasteiger partial charge >= 0.3 is 0 Å². The first kappa shape index (κ1) is 33.2. The summed E-state index contributed by atoms with van der Waals surface area (Å²) in [5.74, 6) is 0. The number of nitrogens with zero attached hydrogens (tertiary/aromatic N) is 3. The Morgan fingerprint density at radius 3 is 1.39 bits per heavy atom. The van der Waals surface area contributed by atoms with Crippen molar-refractivity contribution >= 4 is 61.0 Å². The predicted octanol–water partition coefficient (Wildman–Crippen LogP) is 14.5. The van der Waals surface area contributed by atoms with Crippen molar-refractivity contribution in [3.8, 4) is 27.9 Å². The molecule has 0 aliphatic heterocycles. The van der Waals surface area contributed by atoms with Gasteiger partial charge in [0.25, 0.3) is 0 Å². The summed E-state index contributed by atoms with van der Waals surface area (Å²) >= 11 is 0. The highest BCUT2D eigenvalue weighted by Gasteiger charge is 2.22. The maximum atomic E-state index is 2.44. The van der Waals surface area contributed by atoms with Gasteiger partial charge in [0.15, 0.2) is 0 Å². The van der Waals surface area contributed by atoms with Crippen LogP contribution in [-0.2, 0) is 0 Å². The van der Waals surface area contributed by atoms with Gasteiger partial charge in [0, 0.05) is 57.0 Å². The number of aromatic nitrogens is 1. The number of rotatable bonds is 8. The quantitative estimate of drug-likeness (QED) is 0.155. The molecule has 3 nitrogen and oxygen atoms in total. The Hall–Kier alpha value is -7.36. The van der Waals surface area contributed by atoms with Crippen LogP contribution in [0.15, 0.2) is 218 Å². The van der Waals surface area contributed by atoms with Gasteiger partial charge in [-0.15, -0.1) is 0 Å². The van der Waals surface area contributed by atoms with Gasteiger partial charge in [-0.3, -0.25) is 0 Å². The van der Waals surface area contributed by atoms with E-state index < -0.39 is 0 Å². The fourth-order valence-corrected chi connectivity index (χ4v) is 8.18. The monoisotopic (exact) mass is 717 g/mol. The zero-order valence-corrected chi connectivity index (χ0v) is 31.1. The number of hydrogen-bond acceptors (Lipinski definition) is 2. The smallest absolute Gasteiger partial charge is 0.0621 e. The van der Waals surface area contributed by atoms with E-state index in [0.717, 1.165) is 28.4 Å². The predicted molar refractivity (Wildman–Crippen MR) is 238 cm³/mol. The fraction of sp³-hybridized carbons (Fsp3) is 0.0189. The number of hydrogen-bond donors (Lipinski definition) is 0. The van der Waals surface area contributed by atoms with Crippen molar-refractivity contribution in [3.63, 3.8) is 0 Å². The summed E-state index contributed by atoms with van der Waals surface area (Å²) in [5.41, 5.74) is 14.0. The van der Waals surface area contributed by atoms with Crippen molar-refractivity contribution in [1.29, 1.82) is 0 Å². The average Bonchev–Trinajstić information content (AvgIpc) is 3.62. The molecule has 1 aromatic heterocycles. The summed E-state index contributed by atoms with van der Waals surface area (Å²) in [5, 5.41) is 4.85. The number of fused-ring (bicyclic) bond motifs is 5. The average molecular weight is 718 g/mol. The molecule has 0 saturated carbocycles. The minimum Gasteiger partial charge on any atom is -0.345 e. The fourth-order valence-electron chi connectivity index (χ4n) is 8.18. The van der Waals surface area contributed by atoms with Crippen LogP contribution in [0.2, 0.25) is 0 Å². The zero-order chi connectivity index (χ0) is 37.4. The lowest BCUT2D eigenvalue weighted by Crippen LogP contribution is -2.10. The summed E-state index contributed by atoms with van der Waals surface area (Å²) < 4.78 is 2.44. The van der Waals surface area contributed by atoms with Gasteiger partial charge in [-0.05, 0) is 95.1 Å². The topological polar surface area (TPSA) is 11.4 Å². The molecule has 0 amide bonds. The van der Waals surface area contributed by atoms with Crippen molar-refractivity contribution in [3.05, 3.63) is 218 Å². The third-order valence-electron chi connectivity index (χ3n) is 11.0. The highest BCUT2D eigenvalue weighted by molar-refractivity contribution is 6.22. The van der Waals surface area contributed by atoms with Crippen LogP contribution in [0.25, 0.3) is 60.5 Å². The Kier molecular flexibility index (Phi) is 8.38. The molecule has 10 aromatic rings. The molecule has 0 fully saturated rings. The molecule has 0 aliphatic rings. The number of para-hydroxylation sites is 3. The van der Waals surface area contributed by atoms with Crippen molar-refractivity contribution in [2.24, 2.45) is 0 Å². The maximum Gasteiger partial charge on any atom is 0.0621 e. The molecule has 0 radical (unpaired) electrons. The second-order valence-corrected chi connectivity index (χ2v) is 14.3. The molecule has 9 aromatic carbocycles. The maximum absolute atomic E-state index is 2.44. The first-order valence-electron chi connectivity index (χ1n) is 19.2. The second kappa shape index (κ2) is 14.1. The summed E-state index contributed by atoms with van der Waals surface area (Å²) in [6, 6.07) is 78.6. The SMILES string of the molecule is CN(c1ccccc1)c1ccc(-c2ccc(N(c3ccccc3)c3cc4c5ccccc5n(-c5ccc(-c6ccccc6)cc5)c4c4ccccc34)cc2)cc1. The zero-order valence-electron chi connectivity index (χ0n) is 31.1. The molecule has 56 heavy (non-hydrogen) atoms. The van der Waals surface area contributed by atoms with E-state index in [0.29, 0.717) is 0 Å². The minimum atomic E-state index is 1.10. The van der Waals surface area contributed by atoms with Gasteiger partial charge in [0.05, 0.1) is 16.7 Å². The van der Waals surface area contributed by atoms with Crippen LogP contribution in [0.3, 0.4) is 0 Å². The van der Waals surface area contributed by atoms with E-state index >= 15 is 0 Å². The first-order chi connectivity index (χ1) is 27.7. The molecule has 10 rings (SSSR count). The van der Waals surface area contributed by atoms with Crippen LogP contribution in [-0.4, -0.2) is 11.6 Å². The highest BCUT2D eigenvalue weighted by atomic mass is 15.1. The summed E-state index contributed by atoms with van der Waals surface area (Å²) in [6.45, 7) is 0. The van der Waals surface area contributed by atoms with Crippen LogP contribution < -0.4 is 9.80 Å². The molecule has 0 atom stereocenters. The minimum absolute atomic E-state index is 1.10. The highest BCUT2D eigenvalue weighted by Crippen LogP contribution is 2.45. The van der Waals surface area contributed by atoms with Crippen LogP contribution >= 0.6 is 0 Å². The molecular formula is C53H39N3. The van der Waals surface area contributed by atoms with E-state index in [4.69, 9.17) is 0 Å². The van der Waals surface area contributed by atoms with E-state index in [9.17, 15) is 0 Å². The van der Waals surface area contributed by atoms with Crippen molar-refractivity contribution in [1.82, 2.24) is 4.57 Å². The van der Waals surface area contributed by atoms with Crippen LogP contribution in [0, 0.1) is 0 Å². The van der Waals surface area contributed by atoms with E-state index in [2.05, 4.69) is 240 Å². The van der Waals surface area contributed by atoms with Gasteiger partial charge in [0.1, 0.15) is 0 Å². The lowest BCUT2D eigenvalue weighted by molar-refractivity contribution is 1.19. The van der Waals surface area contributed by atoms with Crippen LogP contribution in [0.4, 0.5) is 28.4 Å². The van der Waals surface area contributed by atoms with Crippen molar-refractivity contribution in [2.45, 2.75) is 0 Å². The van der Waals surface area contributed by atoms with Gasteiger partial charge in [-0.25, -0.2) is 0 Å². The molecule has 0 N–H and O–H groups in total. The van der Waals surface area contributed by atoms with Gasteiger partial charge in [-0.1, -0.05) is 146 Å². The first-order valence-corrected chi connectivity index (χ1v) is 19.2. The molecule has 0 spiro atoms. The molecular weight excluding hydrogens is 679 g/mol. The van der Waals surface area contributed by atoms with Gasteiger partial charge < -0.3 is 14.4 Å². The molecule has 3 heteroatoms. The summed E-state index contributed by atoms with van der Waals surface area (Å²) in [6.07, 6.45) is 0. The Morgan fingerprint density at radius 2 is 0.768 bits per heavy atom. The normalized spacial score (nSPS) is 11.3. The molecule has 0 bridgehead atoms. The molecule has 0 saturated heterocycles. The molecule has 266 valence electrons. The van der Waals surface area contributed by atoms with Crippen molar-refractivity contribution < 1.29 is 0 Å². The Labute approximate surface area is 327 Å². The lowest BCUT2D eigenvalue weighted by atomic mass is 10.0. The van der Waals surface area contributed by atoms with Crippen molar-refractivity contribution in [2.75, 3.05) is 16.8 Å². The summed E-state index contributed by atoms with van der Waals surface area (Å²) in [7, 11) is 2.11. The van der Waals surface area contributed by atoms with E-state index in [1.165, 1.54) is 60.5 Å². The third-order valence-corrected chi connectivity index (χ3v) is 11.0. The standard InChI is InChI=1S/C53H39N3/c1-54(42-17-7-3-8-18-42)43-31-25-40(26-32-43)41-27-33-45(34-28-41)55(44-19-9-4-10-20-44)52-37-50-48-22-13-14-24-51(48)56(53(50)49-23-12-11-21-47(49)52)46-35-29-39(30-36-46)38-15-5-2-6-16-38/h2-37H,1H3. The van der Waals surface area contributed by atoms with E-state index in [-0.39, 0.29) is 0 Å². The molecule has 0 aliphatic carbocycles. The Bertz CT molecular complexity index is 2930. The van der Waals surface area contributed by atoms with Gasteiger partial charge in [0.2, 0.25) is 0 Å². The Balaban J connectivity index is 1.10. The van der Waals surface area contributed by atoms with E-state index in [1.807, 2.05) is 0 Å². The second-order valence-electron chi connectivity index (χ2n) is 14.3. The molecule has 1 heterocycles. The number of anilines is 5. The third kappa shape index (κ3) is 5.87. The van der Waals surface area contributed by atoms with E-state index in [1.54, 1.807) is 0 Å². The van der Waals surface area contributed by atoms with Gasteiger partial charge in [-0.2, -0.15) is 0 Å². The largest absolute Gasteiger partial charge is 0.345 e. The van der Waals surface area contributed by atoms with Crippen LogP contribution in [0.1, 0.15) is 0 Å². The molecule has 0 unspecified atom stereocenters. The Morgan fingerprint density at radius 1 is 0.339 bits per heavy atom.